The Morgan fingerprint density at radius 3 is 2.71 bits per heavy atom. The number of ether oxygens (including phenoxy) is 1. The second-order valence-electron chi connectivity index (χ2n) is 5.11. The van der Waals surface area contributed by atoms with Gasteiger partial charge in [0.05, 0.1) is 6.20 Å². The van der Waals surface area contributed by atoms with E-state index < -0.39 is 6.03 Å². The van der Waals surface area contributed by atoms with Gasteiger partial charge >= 0.3 is 6.03 Å². The minimum atomic E-state index is -0.567. The molecule has 0 aliphatic carbocycles. The Hall–Kier alpha value is -3.35. The lowest BCUT2D eigenvalue weighted by atomic mass is 10.1. The third-order valence-corrected chi connectivity index (χ3v) is 3.50. The van der Waals surface area contributed by atoms with E-state index >= 15 is 0 Å². The van der Waals surface area contributed by atoms with Crippen LogP contribution >= 0.6 is 0 Å². The third-order valence-electron chi connectivity index (χ3n) is 3.50. The summed E-state index contributed by atoms with van der Waals surface area (Å²) in [6.45, 7) is 0. The van der Waals surface area contributed by atoms with Crippen molar-refractivity contribution in [3.8, 4) is 22.8 Å². The fraction of sp³-hybridized carbons (Fsp3) is 0.0588. The number of benzene rings is 2. The van der Waals surface area contributed by atoms with Gasteiger partial charge in [-0.3, -0.25) is 10.00 Å². The Labute approximate surface area is 137 Å². The molecule has 3 rings (SSSR count). The molecule has 2 amide bonds. The molecule has 6 nitrogen and oxygen atoms in total. The van der Waals surface area contributed by atoms with Crippen molar-refractivity contribution in [2.24, 2.45) is 5.73 Å². The van der Waals surface area contributed by atoms with Crippen molar-refractivity contribution in [1.29, 1.82) is 0 Å². The number of anilines is 1. The molecule has 1 aromatic heterocycles. The molecule has 0 atom stereocenters. The molecule has 1 heterocycles. The van der Waals surface area contributed by atoms with Gasteiger partial charge in [-0.25, -0.2) is 9.18 Å². The van der Waals surface area contributed by atoms with E-state index in [2.05, 4.69) is 10.2 Å². The number of carbonyl (C=O) groups excluding carboxylic acids is 1. The Morgan fingerprint density at radius 1 is 1.25 bits per heavy atom. The predicted octanol–water partition coefficient (Wildman–Crippen LogP) is 3.52. The van der Waals surface area contributed by atoms with E-state index in [4.69, 9.17) is 10.5 Å². The predicted molar refractivity (Wildman–Crippen MR) is 88.5 cm³/mol. The molecule has 2 aromatic carbocycles. The lowest BCUT2D eigenvalue weighted by Crippen LogP contribution is -2.31. The van der Waals surface area contributed by atoms with Crippen LogP contribution in [0.4, 0.5) is 14.9 Å². The van der Waals surface area contributed by atoms with Gasteiger partial charge in [-0.1, -0.05) is 6.07 Å². The summed E-state index contributed by atoms with van der Waals surface area (Å²) in [5.74, 6) is 0.689. The lowest BCUT2D eigenvalue weighted by molar-refractivity contribution is 0.255. The van der Waals surface area contributed by atoms with Gasteiger partial charge in [-0.15, -0.1) is 0 Å². The second-order valence-corrected chi connectivity index (χ2v) is 5.11. The Balaban J connectivity index is 1.88. The maximum Gasteiger partial charge on any atom is 0.318 e. The summed E-state index contributed by atoms with van der Waals surface area (Å²) in [5.41, 5.74) is 7.24. The molecule has 0 unspecified atom stereocenters. The minimum Gasteiger partial charge on any atom is -0.453 e. The molecule has 7 heteroatoms. The summed E-state index contributed by atoms with van der Waals surface area (Å²) in [4.78, 5) is 12.6. The van der Waals surface area contributed by atoms with Crippen LogP contribution in [0.1, 0.15) is 0 Å². The first-order chi connectivity index (χ1) is 11.5. The van der Waals surface area contributed by atoms with E-state index in [1.54, 1.807) is 43.4 Å². The topological polar surface area (TPSA) is 84.2 Å². The highest BCUT2D eigenvalue weighted by molar-refractivity contribution is 5.90. The summed E-state index contributed by atoms with van der Waals surface area (Å²) >= 11 is 0. The van der Waals surface area contributed by atoms with Crippen LogP contribution in [-0.4, -0.2) is 23.3 Å². The fourth-order valence-electron chi connectivity index (χ4n) is 2.19. The highest BCUT2D eigenvalue weighted by atomic mass is 19.1. The number of hydrogen-bond donors (Lipinski definition) is 2. The van der Waals surface area contributed by atoms with Gasteiger partial charge in [0.15, 0.2) is 5.75 Å². The highest BCUT2D eigenvalue weighted by Crippen LogP contribution is 2.32. The fourth-order valence-corrected chi connectivity index (χ4v) is 2.19. The second kappa shape index (κ2) is 6.41. The number of urea groups is 1. The smallest absolute Gasteiger partial charge is 0.318 e. The molecule has 0 saturated carbocycles. The number of nitrogens with one attached hydrogen (secondary N) is 1. The Bertz CT molecular complexity index is 861. The first-order valence-electron chi connectivity index (χ1n) is 7.15. The van der Waals surface area contributed by atoms with E-state index in [-0.39, 0.29) is 5.82 Å². The molecule has 0 saturated heterocycles. The first kappa shape index (κ1) is 15.5. The molecular weight excluding hydrogens is 311 g/mol. The van der Waals surface area contributed by atoms with E-state index in [0.717, 1.165) is 5.56 Å². The molecule has 24 heavy (non-hydrogen) atoms. The van der Waals surface area contributed by atoms with Crippen molar-refractivity contribution in [3.63, 3.8) is 0 Å². The molecule has 3 N–H and O–H groups in total. The number of H-pyrrole nitrogens is 1. The number of hydrogen-bond acceptors (Lipinski definition) is 3. The number of aromatic amines is 1. The largest absolute Gasteiger partial charge is 0.453 e. The number of carbonyl (C=O) groups is 1. The van der Waals surface area contributed by atoms with Crippen LogP contribution in [0.3, 0.4) is 0 Å². The van der Waals surface area contributed by atoms with Gasteiger partial charge in [0, 0.05) is 24.4 Å². The Kier molecular flexibility index (Phi) is 4.15. The number of nitrogens with two attached hydrogens (primary N) is 1. The number of nitrogens with zero attached hydrogens (tertiary/aromatic N) is 2. The summed E-state index contributed by atoms with van der Waals surface area (Å²) in [7, 11) is 1.57. The highest BCUT2D eigenvalue weighted by Gasteiger charge is 2.12. The Morgan fingerprint density at radius 2 is 2.00 bits per heavy atom. The van der Waals surface area contributed by atoms with Crippen molar-refractivity contribution in [1.82, 2.24) is 10.2 Å². The lowest BCUT2D eigenvalue weighted by Gasteiger charge is -2.15. The van der Waals surface area contributed by atoms with Gasteiger partial charge < -0.3 is 10.5 Å². The number of aromatic nitrogens is 2. The van der Waals surface area contributed by atoms with Crippen LogP contribution in [0, 0.1) is 5.82 Å². The number of rotatable bonds is 4. The molecule has 0 aliphatic heterocycles. The molecular formula is C17H15FN4O2. The van der Waals surface area contributed by atoms with Crippen LogP contribution in [0.5, 0.6) is 11.5 Å². The molecule has 0 fully saturated rings. The van der Waals surface area contributed by atoms with Crippen molar-refractivity contribution < 1.29 is 13.9 Å². The van der Waals surface area contributed by atoms with Gasteiger partial charge in [-0.05, 0) is 36.4 Å². The van der Waals surface area contributed by atoms with Crippen LogP contribution in [-0.2, 0) is 0 Å². The van der Waals surface area contributed by atoms with Gasteiger partial charge in [-0.2, -0.15) is 5.10 Å². The quantitative estimate of drug-likeness (QED) is 0.769. The van der Waals surface area contributed by atoms with Crippen molar-refractivity contribution in [2.75, 3.05) is 11.9 Å². The maximum atomic E-state index is 13.1. The van der Waals surface area contributed by atoms with Crippen molar-refractivity contribution in [2.45, 2.75) is 0 Å². The molecule has 0 bridgehead atoms. The van der Waals surface area contributed by atoms with Crippen LogP contribution < -0.4 is 15.4 Å². The van der Waals surface area contributed by atoms with Crippen molar-refractivity contribution >= 4 is 11.7 Å². The molecule has 0 spiro atoms. The van der Waals surface area contributed by atoms with Crippen LogP contribution in [0.25, 0.3) is 11.3 Å². The van der Waals surface area contributed by atoms with Crippen LogP contribution in [0.2, 0.25) is 0 Å². The van der Waals surface area contributed by atoms with E-state index in [9.17, 15) is 9.18 Å². The number of amides is 2. The molecule has 0 radical (unpaired) electrons. The standard InChI is InChI=1S/C17H15FN4O2/c1-22(17(19)23)13-3-2-4-14(9-13)24-15-10-20-21-16(15)11-5-7-12(18)8-6-11/h2-10H,1H3,(H2,19,23)(H,20,21). The van der Waals surface area contributed by atoms with Gasteiger partial charge in [0.25, 0.3) is 0 Å². The van der Waals surface area contributed by atoms with Crippen LogP contribution in [0.15, 0.2) is 54.7 Å². The normalized spacial score (nSPS) is 10.4. The minimum absolute atomic E-state index is 0.317. The summed E-state index contributed by atoms with van der Waals surface area (Å²) in [5, 5.41) is 6.81. The SMILES string of the molecule is CN(C(N)=O)c1cccc(Oc2cn[nH]c2-c2ccc(F)cc2)c1. The first-order valence-corrected chi connectivity index (χ1v) is 7.15. The molecule has 0 aliphatic rings. The average Bonchev–Trinajstić information content (AvgIpc) is 3.03. The van der Waals surface area contributed by atoms with E-state index in [1.807, 2.05) is 0 Å². The van der Waals surface area contributed by atoms with Gasteiger partial charge in [0.1, 0.15) is 17.3 Å². The maximum absolute atomic E-state index is 13.1. The monoisotopic (exact) mass is 326 g/mol. The zero-order valence-corrected chi connectivity index (χ0v) is 12.9. The number of primary amides is 1. The zero-order chi connectivity index (χ0) is 17.1. The zero-order valence-electron chi connectivity index (χ0n) is 12.9. The van der Waals surface area contributed by atoms with E-state index in [0.29, 0.717) is 22.9 Å². The summed E-state index contributed by atoms with van der Waals surface area (Å²) in [6, 6.07) is 12.4. The molecule has 3 aromatic rings. The summed E-state index contributed by atoms with van der Waals surface area (Å²) in [6.07, 6.45) is 1.53. The van der Waals surface area contributed by atoms with Crippen molar-refractivity contribution in [3.05, 3.63) is 60.5 Å². The molecule has 122 valence electrons. The van der Waals surface area contributed by atoms with Gasteiger partial charge in [0.2, 0.25) is 0 Å². The summed E-state index contributed by atoms with van der Waals surface area (Å²) < 4.78 is 18.9. The average molecular weight is 326 g/mol. The number of halogens is 1. The third kappa shape index (κ3) is 3.19. The van der Waals surface area contributed by atoms with E-state index in [1.165, 1.54) is 23.2 Å².